The lowest BCUT2D eigenvalue weighted by Crippen LogP contribution is -2.04. The summed E-state index contributed by atoms with van der Waals surface area (Å²) >= 11 is 3.42. The third-order valence-corrected chi connectivity index (χ3v) is 3.29. The minimum atomic E-state index is -0.832. The summed E-state index contributed by atoms with van der Waals surface area (Å²) in [5, 5.41) is 8.76. The van der Waals surface area contributed by atoms with Crippen LogP contribution in [-0.4, -0.2) is 18.2 Å². The molecule has 0 saturated heterocycles. The molecule has 0 bridgehead atoms. The number of aryl methyl sites for hydroxylation is 1. The molecule has 4 heteroatoms. The van der Waals surface area contributed by atoms with Crippen LogP contribution < -0.4 is 4.74 Å². The first-order valence-electron chi connectivity index (χ1n) is 4.51. The SMILES string of the molecule is COc1c(C)c(CC(=O)O)cc(C)c1Br. The summed E-state index contributed by atoms with van der Waals surface area (Å²) in [5.74, 6) is -0.117. The van der Waals surface area contributed by atoms with E-state index in [9.17, 15) is 4.79 Å². The molecule has 0 atom stereocenters. The number of carboxylic acids is 1. The molecule has 0 heterocycles. The van der Waals surface area contributed by atoms with Gasteiger partial charge < -0.3 is 9.84 Å². The van der Waals surface area contributed by atoms with E-state index in [0.717, 1.165) is 21.2 Å². The van der Waals surface area contributed by atoms with E-state index in [2.05, 4.69) is 15.9 Å². The number of carbonyl (C=O) groups is 1. The number of benzene rings is 1. The van der Waals surface area contributed by atoms with Gasteiger partial charge in [0, 0.05) is 0 Å². The van der Waals surface area contributed by atoms with Gasteiger partial charge in [-0.1, -0.05) is 6.07 Å². The zero-order valence-electron chi connectivity index (χ0n) is 8.93. The Morgan fingerprint density at radius 3 is 2.60 bits per heavy atom. The first-order valence-corrected chi connectivity index (χ1v) is 5.31. The molecule has 0 aromatic heterocycles. The van der Waals surface area contributed by atoms with Crippen molar-refractivity contribution in [3.05, 3.63) is 27.2 Å². The van der Waals surface area contributed by atoms with E-state index < -0.39 is 5.97 Å². The Morgan fingerprint density at radius 2 is 2.13 bits per heavy atom. The van der Waals surface area contributed by atoms with Crippen LogP contribution >= 0.6 is 15.9 Å². The predicted octanol–water partition coefficient (Wildman–Crippen LogP) is 2.70. The van der Waals surface area contributed by atoms with Gasteiger partial charge in [0.05, 0.1) is 18.0 Å². The maximum atomic E-state index is 10.7. The van der Waals surface area contributed by atoms with Crippen molar-refractivity contribution in [2.24, 2.45) is 0 Å². The van der Waals surface area contributed by atoms with E-state index in [-0.39, 0.29) is 6.42 Å². The molecule has 0 amide bonds. The van der Waals surface area contributed by atoms with Crippen molar-refractivity contribution in [1.82, 2.24) is 0 Å². The average molecular weight is 273 g/mol. The minimum absolute atomic E-state index is 0.0241. The molecular formula is C11H13BrO3. The van der Waals surface area contributed by atoms with Crippen molar-refractivity contribution in [2.45, 2.75) is 20.3 Å². The normalized spacial score (nSPS) is 10.1. The highest BCUT2D eigenvalue weighted by Gasteiger charge is 2.13. The van der Waals surface area contributed by atoms with Crippen LogP contribution in [0.2, 0.25) is 0 Å². The Morgan fingerprint density at radius 1 is 1.53 bits per heavy atom. The molecule has 0 saturated carbocycles. The van der Waals surface area contributed by atoms with E-state index in [1.807, 2.05) is 19.9 Å². The van der Waals surface area contributed by atoms with Crippen LogP contribution in [0.1, 0.15) is 16.7 Å². The number of ether oxygens (including phenoxy) is 1. The van der Waals surface area contributed by atoms with E-state index >= 15 is 0 Å². The van der Waals surface area contributed by atoms with Crippen LogP contribution in [0.25, 0.3) is 0 Å². The van der Waals surface area contributed by atoms with Gasteiger partial charge in [-0.2, -0.15) is 0 Å². The molecule has 82 valence electrons. The molecule has 1 aromatic carbocycles. The Bertz CT molecular complexity index is 399. The molecule has 1 aromatic rings. The highest BCUT2D eigenvalue weighted by atomic mass is 79.9. The molecule has 0 aliphatic heterocycles. The molecule has 1 N–H and O–H groups in total. The second kappa shape index (κ2) is 4.66. The van der Waals surface area contributed by atoms with Gasteiger partial charge in [0.25, 0.3) is 0 Å². The minimum Gasteiger partial charge on any atom is -0.495 e. The van der Waals surface area contributed by atoms with Crippen molar-refractivity contribution in [2.75, 3.05) is 7.11 Å². The molecule has 3 nitrogen and oxygen atoms in total. The van der Waals surface area contributed by atoms with Crippen LogP contribution in [0.3, 0.4) is 0 Å². The number of halogens is 1. The summed E-state index contributed by atoms with van der Waals surface area (Å²) in [5.41, 5.74) is 2.64. The molecule has 0 radical (unpaired) electrons. The molecule has 0 aliphatic rings. The molecule has 15 heavy (non-hydrogen) atoms. The Hall–Kier alpha value is -1.03. The highest BCUT2D eigenvalue weighted by molar-refractivity contribution is 9.10. The summed E-state index contributed by atoms with van der Waals surface area (Å²) in [4.78, 5) is 10.7. The van der Waals surface area contributed by atoms with Crippen LogP contribution in [0.15, 0.2) is 10.5 Å². The van der Waals surface area contributed by atoms with Gasteiger partial charge in [0.2, 0.25) is 0 Å². The largest absolute Gasteiger partial charge is 0.495 e. The van der Waals surface area contributed by atoms with Gasteiger partial charge in [0.15, 0.2) is 0 Å². The third-order valence-electron chi connectivity index (χ3n) is 2.30. The van der Waals surface area contributed by atoms with E-state index in [1.54, 1.807) is 7.11 Å². The molecule has 0 aliphatic carbocycles. The van der Waals surface area contributed by atoms with Gasteiger partial charge in [-0.05, 0) is 46.5 Å². The maximum absolute atomic E-state index is 10.7. The topological polar surface area (TPSA) is 46.5 Å². The zero-order valence-corrected chi connectivity index (χ0v) is 10.5. The quantitative estimate of drug-likeness (QED) is 0.921. The molecular weight excluding hydrogens is 260 g/mol. The molecule has 1 rings (SSSR count). The summed E-state index contributed by atoms with van der Waals surface area (Å²) in [6, 6.07) is 1.87. The first kappa shape index (κ1) is 12.0. The fraction of sp³-hybridized carbons (Fsp3) is 0.364. The number of hydrogen-bond donors (Lipinski definition) is 1. The van der Waals surface area contributed by atoms with E-state index in [0.29, 0.717) is 5.75 Å². The van der Waals surface area contributed by atoms with Crippen molar-refractivity contribution >= 4 is 21.9 Å². The lowest BCUT2D eigenvalue weighted by molar-refractivity contribution is -0.136. The average Bonchev–Trinajstić information content (AvgIpc) is 2.14. The van der Waals surface area contributed by atoms with Crippen LogP contribution in [0.5, 0.6) is 5.75 Å². The second-order valence-electron chi connectivity index (χ2n) is 3.40. The van der Waals surface area contributed by atoms with Gasteiger partial charge >= 0.3 is 5.97 Å². The van der Waals surface area contributed by atoms with Crippen molar-refractivity contribution < 1.29 is 14.6 Å². The number of carboxylic acid groups (broad SMARTS) is 1. The monoisotopic (exact) mass is 272 g/mol. The number of hydrogen-bond acceptors (Lipinski definition) is 2. The molecule has 0 spiro atoms. The second-order valence-corrected chi connectivity index (χ2v) is 4.19. The summed E-state index contributed by atoms with van der Waals surface area (Å²) in [6.07, 6.45) is 0.0241. The number of aliphatic carboxylic acids is 1. The lowest BCUT2D eigenvalue weighted by Gasteiger charge is -2.13. The van der Waals surface area contributed by atoms with Gasteiger partial charge in [-0.15, -0.1) is 0 Å². The smallest absolute Gasteiger partial charge is 0.307 e. The predicted molar refractivity (Wildman–Crippen MR) is 61.5 cm³/mol. The van der Waals surface area contributed by atoms with Crippen LogP contribution in [0.4, 0.5) is 0 Å². The fourth-order valence-corrected chi connectivity index (χ4v) is 2.09. The van der Waals surface area contributed by atoms with E-state index in [1.165, 1.54) is 0 Å². The highest BCUT2D eigenvalue weighted by Crippen LogP contribution is 2.34. The number of rotatable bonds is 3. The van der Waals surface area contributed by atoms with Crippen LogP contribution in [0, 0.1) is 13.8 Å². The zero-order chi connectivity index (χ0) is 11.6. The summed E-state index contributed by atoms with van der Waals surface area (Å²) in [6.45, 7) is 3.78. The van der Waals surface area contributed by atoms with E-state index in [4.69, 9.17) is 9.84 Å². The standard InChI is InChI=1S/C11H13BrO3/c1-6-4-8(5-9(13)14)7(2)11(15-3)10(6)12/h4H,5H2,1-3H3,(H,13,14). The third kappa shape index (κ3) is 2.50. The van der Waals surface area contributed by atoms with Crippen molar-refractivity contribution in [3.63, 3.8) is 0 Å². The Kier molecular flexibility index (Phi) is 3.74. The fourth-order valence-electron chi connectivity index (χ4n) is 1.51. The number of methoxy groups -OCH3 is 1. The summed E-state index contributed by atoms with van der Waals surface area (Å²) < 4.78 is 6.12. The molecule has 0 unspecified atom stereocenters. The lowest BCUT2D eigenvalue weighted by atomic mass is 10.0. The van der Waals surface area contributed by atoms with Crippen molar-refractivity contribution in [3.8, 4) is 5.75 Å². The molecule has 0 fully saturated rings. The van der Waals surface area contributed by atoms with Crippen molar-refractivity contribution in [1.29, 1.82) is 0 Å². The van der Waals surface area contributed by atoms with Gasteiger partial charge in [-0.3, -0.25) is 4.79 Å². The van der Waals surface area contributed by atoms with Crippen LogP contribution in [-0.2, 0) is 11.2 Å². The van der Waals surface area contributed by atoms with Gasteiger partial charge in [-0.25, -0.2) is 0 Å². The first-order chi connectivity index (χ1) is 6.97. The Labute approximate surface area is 97.2 Å². The summed E-state index contributed by atoms with van der Waals surface area (Å²) in [7, 11) is 1.58. The maximum Gasteiger partial charge on any atom is 0.307 e. The van der Waals surface area contributed by atoms with Gasteiger partial charge in [0.1, 0.15) is 5.75 Å². The Balaban J connectivity index is 3.30.